The van der Waals surface area contributed by atoms with Crippen LogP contribution in [0.5, 0.6) is 0 Å². The van der Waals surface area contributed by atoms with E-state index in [1.165, 1.54) is 17.9 Å². The molecule has 1 atom stereocenters. The van der Waals surface area contributed by atoms with Crippen LogP contribution in [0, 0.1) is 5.82 Å². The molecule has 6 nitrogen and oxygen atoms in total. The normalized spacial score (nSPS) is 13.0. The van der Waals surface area contributed by atoms with Crippen LogP contribution in [-0.4, -0.2) is 38.9 Å². The maximum Gasteiger partial charge on any atom is 0.244 e. The molecule has 21 heavy (non-hydrogen) atoms. The number of benzene rings is 1. The van der Waals surface area contributed by atoms with Crippen molar-refractivity contribution in [2.45, 2.75) is 24.8 Å². The molecule has 1 aromatic carbocycles. The quantitative estimate of drug-likeness (QED) is 0.752. The third kappa shape index (κ3) is 4.14. The number of halogens is 2. The lowest BCUT2D eigenvalue weighted by Gasteiger charge is -2.20. The number of nitrogens with one attached hydrogen (secondary N) is 1. The number of nitrogens with zero attached hydrogens (tertiary/aromatic N) is 1. The number of hydrogen-bond acceptors (Lipinski definition) is 4. The Kier molecular flexibility index (Phi) is 5.71. The number of nitrogens with two attached hydrogens (primary N) is 1. The van der Waals surface area contributed by atoms with Crippen molar-refractivity contribution < 1.29 is 17.6 Å². The average Bonchev–Trinajstić information content (AvgIpc) is 2.40. The Balaban J connectivity index is 3.11. The van der Waals surface area contributed by atoms with Gasteiger partial charge in [-0.15, -0.1) is 0 Å². The molecule has 0 saturated heterocycles. The first-order valence-corrected chi connectivity index (χ1v) is 8.39. The highest BCUT2D eigenvalue weighted by Gasteiger charge is 2.27. The topological polar surface area (TPSA) is 92.5 Å². The number of nitrogen functional groups attached to an aromatic ring is 1. The molecule has 118 valence electrons. The van der Waals surface area contributed by atoms with Crippen molar-refractivity contribution in [3.8, 4) is 0 Å². The van der Waals surface area contributed by atoms with Crippen LogP contribution < -0.4 is 10.5 Å². The molecule has 3 N–H and O–H groups in total. The van der Waals surface area contributed by atoms with Crippen molar-refractivity contribution in [2.24, 2.45) is 0 Å². The van der Waals surface area contributed by atoms with Gasteiger partial charge in [0.2, 0.25) is 15.9 Å². The lowest BCUT2D eigenvalue weighted by atomic mass is 10.3. The number of amides is 1. The predicted octanol–water partition coefficient (Wildman–Crippen LogP) is 1.32. The summed E-state index contributed by atoms with van der Waals surface area (Å²) in [6.45, 7) is 3.59. The van der Waals surface area contributed by atoms with Gasteiger partial charge < -0.3 is 10.6 Å². The lowest BCUT2D eigenvalue weighted by Crippen LogP contribution is -2.45. The number of hydrogen-bond donors (Lipinski definition) is 2. The molecule has 0 aromatic heterocycles. The Morgan fingerprint density at radius 3 is 2.62 bits per heavy atom. The summed E-state index contributed by atoms with van der Waals surface area (Å²) in [6.07, 6.45) is 0. The summed E-state index contributed by atoms with van der Waals surface area (Å²) in [4.78, 5) is 12.6. The summed E-state index contributed by atoms with van der Waals surface area (Å²) in [7, 11) is -2.66. The second-order valence-electron chi connectivity index (χ2n) is 4.51. The Hall–Kier alpha value is -1.19. The van der Waals surface area contributed by atoms with E-state index in [2.05, 4.69) is 20.7 Å². The number of rotatable bonds is 5. The largest absolute Gasteiger partial charge is 0.399 e. The van der Waals surface area contributed by atoms with Gasteiger partial charge in [-0.1, -0.05) is 0 Å². The van der Waals surface area contributed by atoms with E-state index in [-0.39, 0.29) is 10.2 Å². The monoisotopic (exact) mass is 381 g/mol. The van der Waals surface area contributed by atoms with Crippen molar-refractivity contribution in [1.82, 2.24) is 9.62 Å². The fourth-order valence-corrected chi connectivity index (χ4v) is 3.55. The van der Waals surface area contributed by atoms with Gasteiger partial charge in [0.15, 0.2) is 5.82 Å². The summed E-state index contributed by atoms with van der Waals surface area (Å²) in [5.74, 6) is -1.37. The fraction of sp³-hybridized carbons (Fsp3) is 0.417. The van der Waals surface area contributed by atoms with Crippen LogP contribution >= 0.6 is 15.9 Å². The summed E-state index contributed by atoms with van der Waals surface area (Å²) in [6, 6.07) is 1.25. The van der Waals surface area contributed by atoms with E-state index in [9.17, 15) is 17.6 Å². The molecule has 0 spiro atoms. The van der Waals surface area contributed by atoms with E-state index in [0.29, 0.717) is 6.54 Å². The van der Waals surface area contributed by atoms with E-state index in [1.807, 2.05) is 0 Å². The van der Waals surface area contributed by atoms with E-state index in [1.54, 1.807) is 14.0 Å². The lowest BCUT2D eigenvalue weighted by molar-refractivity contribution is -0.131. The number of anilines is 1. The van der Waals surface area contributed by atoms with Gasteiger partial charge in [-0.3, -0.25) is 4.79 Å². The molecule has 0 aliphatic heterocycles. The molecule has 0 saturated carbocycles. The third-order valence-electron chi connectivity index (χ3n) is 2.86. The van der Waals surface area contributed by atoms with Crippen LogP contribution in [0.1, 0.15) is 13.8 Å². The van der Waals surface area contributed by atoms with E-state index >= 15 is 0 Å². The molecular formula is C12H17BrFN3O3S. The second-order valence-corrected chi connectivity index (χ2v) is 7.05. The van der Waals surface area contributed by atoms with E-state index in [0.717, 1.165) is 6.07 Å². The van der Waals surface area contributed by atoms with Gasteiger partial charge in [-0.25, -0.2) is 12.8 Å². The maximum atomic E-state index is 13.9. The molecular weight excluding hydrogens is 365 g/mol. The standard InChI is InChI=1S/C12H17BrFN3O3S/c1-4-17(3)12(18)7(2)16-21(19,20)10-6-8(15)5-9(13)11(10)14/h5-7,16H,4,15H2,1-3H3. The zero-order chi connectivity index (χ0) is 16.4. The van der Waals surface area contributed by atoms with Crippen molar-refractivity contribution in [1.29, 1.82) is 0 Å². The highest BCUT2D eigenvalue weighted by Crippen LogP contribution is 2.26. The van der Waals surface area contributed by atoms with Gasteiger partial charge in [0, 0.05) is 19.3 Å². The highest BCUT2D eigenvalue weighted by molar-refractivity contribution is 9.10. The van der Waals surface area contributed by atoms with E-state index < -0.39 is 32.7 Å². The minimum atomic E-state index is -4.20. The Morgan fingerprint density at radius 1 is 1.52 bits per heavy atom. The van der Waals surface area contributed by atoms with Crippen molar-refractivity contribution in [3.63, 3.8) is 0 Å². The summed E-state index contributed by atoms with van der Waals surface area (Å²) >= 11 is 2.90. The van der Waals surface area contributed by atoms with Gasteiger partial charge in [0.1, 0.15) is 4.90 Å². The first-order valence-electron chi connectivity index (χ1n) is 6.12. The minimum Gasteiger partial charge on any atom is -0.399 e. The van der Waals surface area contributed by atoms with E-state index in [4.69, 9.17) is 5.73 Å². The van der Waals surface area contributed by atoms with Crippen LogP contribution in [0.4, 0.5) is 10.1 Å². The van der Waals surface area contributed by atoms with Gasteiger partial charge >= 0.3 is 0 Å². The number of sulfonamides is 1. The summed E-state index contributed by atoms with van der Waals surface area (Å²) in [5, 5.41) is 0. The van der Waals surface area contributed by atoms with Gasteiger partial charge in [0.05, 0.1) is 10.5 Å². The van der Waals surface area contributed by atoms with Crippen LogP contribution in [0.15, 0.2) is 21.5 Å². The molecule has 1 amide bonds. The fourth-order valence-electron chi connectivity index (χ4n) is 1.61. The first kappa shape index (κ1) is 17.9. The Morgan fingerprint density at radius 2 is 2.10 bits per heavy atom. The molecule has 0 bridgehead atoms. The summed E-state index contributed by atoms with van der Waals surface area (Å²) < 4.78 is 40.4. The average molecular weight is 382 g/mol. The van der Waals surface area contributed by atoms with Crippen LogP contribution in [-0.2, 0) is 14.8 Å². The molecule has 0 aliphatic carbocycles. The molecule has 0 fully saturated rings. The molecule has 1 rings (SSSR count). The highest BCUT2D eigenvalue weighted by atomic mass is 79.9. The minimum absolute atomic E-state index is 0.0625. The zero-order valence-electron chi connectivity index (χ0n) is 11.9. The number of carbonyl (C=O) groups is 1. The number of likely N-dealkylation sites (N-methyl/N-ethyl adjacent to an activating group) is 1. The van der Waals surface area contributed by atoms with Crippen LogP contribution in [0.2, 0.25) is 0 Å². The Labute approximate surface area is 131 Å². The van der Waals surface area contributed by atoms with Gasteiger partial charge in [-0.05, 0) is 41.9 Å². The summed E-state index contributed by atoms with van der Waals surface area (Å²) in [5.41, 5.74) is 5.61. The van der Waals surface area contributed by atoms with Crippen LogP contribution in [0.3, 0.4) is 0 Å². The number of carbonyl (C=O) groups excluding carboxylic acids is 1. The molecule has 0 aliphatic rings. The third-order valence-corrected chi connectivity index (χ3v) is 4.98. The molecule has 0 heterocycles. The zero-order valence-corrected chi connectivity index (χ0v) is 14.3. The smallest absolute Gasteiger partial charge is 0.244 e. The first-order chi connectivity index (χ1) is 9.60. The maximum absolute atomic E-state index is 13.9. The van der Waals surface area contributed by atoms with Crippen molar-refractivity contribution >= 4 is 37.5 Å². The molecule has 9 heteroatoms. The molecule has 1 aromatic rings. The predicted molar refractivity (Wildman–Crippen MR) is 81.6 cm³/mol. The van der Waals surface area contributed by atoms with Gasteiger partial charge in [0.25, 0.3) is 0 Å². The second kappa shape index (κ2) is 6.71. The van der Waals surface area contributed by atoms with Crippen molar-refractivity contribution in [2.75, 3.05) is 19.3 Å². The van der Waals surface area contributed by atoms with Crippen molar-refractivity contribution in [3.05, 3.63) is 22.4 Å². The van der Waals surface area contributed by atoms with Gasteiger partial charge in [-0.2, -0.15) is 4.72 Å². The SMILES string of the molecule is CCN(C)C(=O)C(C)NS(=O)(=O)c1cc(N)cc(Br)c1F. The molecule has 0 radical (unpaired) electrons. The Bertz CT molecular complexity index is 651. The van der Waals surface area contributed by atoms with Crippen LogP contribution in [0.25, 0.3) is 0 Å². The molecule has 1 unspecified atom stereocenters.